The Morgan fingerprint density at radius 3 is 2.70 bits per heavy atom. The molecule has 0 saturated heterocycles. The zero-order valence-corrected chi connectivity index (χ0v) is 14.4. The Morgan fingerprint density at radius 2 is 2.09 bits per heavy atom. The van der Waals surface area contributed by atoms with E-state index in [9.17, 15) is 9.18 Å². The second-order valence-electron chi connectivity index (χ2n) is 6.03. The lowest BCUT2D eigenvalue weighted by molar-refractivity contribution is 0.0636. The third kappa shape index (κ3) is 5.52. The van der Waals surface area contributed by atoms with Crippen LogP contribution in [0.1, 0.15) is 31.5 Å². The third-order valence-electron chi connectivity index (χ3n) is 2.74. The summed E-state index contributed by atoms with van der Waals surface area (Å²) in [5.74, 6) is -0.392. The van der Waals surface area contributed by atoms with Crippen molar-refractivity contribution in [3.63, 3.8) is 0 Å². The van der Waals surface area contributed by atoms with Crippen molar-refractivity contribution in [2.24, 2.45) is 0 Å². The van der Waals surface area contributed by atoms with Crippen molar-refractivity contribution in [2.45, 2.75) is 39.8 Å². The van der Waals surface area contributed by atoms with Crippen LogP contribution >= 0.6 is 11.3 Å². The van der Waals surface area contributed by atoms with E-state index in [0.29, 0.717) is 17.9 Å². The molecule has 1 aromatic carbocycles. The molecule has 0 spiro atoms. The quantitative estimate of drug-likeness (QED) is 0.859. The molecule has 0 unspecified atom stereocenters. The van der Waals surface area contributed by atoms with Crippen LogP contribution in [0.2, 0.25) is 0 Å². The van der Waals surface area contributed by atoms with Crippen molar-refractivity contribution in [2.75, 3.05) is 10.6 Å². The van der Waals surface area contributed by atoms with Gasteiger partial charge in [0.2, 0.25) is 0 Å². The predicted molar refractivity (Wildman–Crippen MR) is 90.4 cm³/mol. The number of amides is 1. The van der Waals surface area contributed by atoms with Gasteiger partial charge in [-0.2, -0.15) is 0 Å². The SMILES string of the molecule is Cc1nc(CNc2cc(F)ccc2NC(=O)OC(C)(C)C)cs1. The first-order valence-electron chi connectivity index (χ1n) is 7.17. The molecule has 5 nitrogen and oxygen atoms in total. The second kappa shape index (κ2) is 6.95. The van der Waals surface area contributed by atoms with Gasteiger partial charge in [0, 0.05) is 5.38 Å². The first-order chi connectivity index (χ1) is 10.7. The fourth-order valence-corrected chi connectivity index (χ4v) is 2.47. The molecule has 2 N–H and O–H groups in total. The number of rotatable bonds is 4. The maximum Gasteiger partial charge on any atom is 0.412 e. The van der Waals surface area contributed by atoms with Gasteiger partial charge in [-0.1, -0.05) is 0 Å². The summed E-state index contributed by atoms with van der Waals surface area (Å²) in [5, 5.41) is 8.61. The lowest BCUT2D eigenvalue weighted by Crippen LogP contribution is -2.27. The largest absolute Gasteiger partial charge is 0.444 e. The predicted octanol–water partition coefficient (Wildman–Crippen LogP) is 4.55. The molecule has 0 radical (unpaired) electrons. The average molecular weight is 337 g/mol. The van der Waals surface area contributed by atoms with Gasteiger partial charge in [-0.25, -0.2) is 14.2 Å². The van der Waals surface area contributed by atoms with Crippen LogP contribution in [0.3, 0.4) is 0 Å². The molecular formula is C16H20FN3O2S. The van der Waals surface area contributed by atoms with Crippen LogP contribution in [0.25, 0.3) is 0 Å². The van der Waals surface area contributed by atoms with Crippen LogP contribution in [-0.4, -0.2) is 16.7 Å². The highest BCUT2D eigenvalue weighted by Gasteiger charge is 2.17. The minimum Gasteiger partial charge on any atom is -0.444 e. The molecule has 2 aromatic rings. The fraction of sp³-hybridized carbons (Fsp3) is 0.375. The summed E-state index contributed by atoms with van der Waals surface area (Å²) in [6, 6.07) is 4.10. The number of thiazole rings is 1. The Balaban J connectivity index is 2.09. The number of aryl methyl sites for hydroxylation is 1. The van der Waals surface area contributed by atoms with Crippen molar-refractivity contribution in [1.82, 2.24) is 4.98 Å². The molecule has 0 saturated carbocycles. The molecule has 0 aliphatic carbocycles. The summed E-state index contributed by atoms with van der Waals surface area (Å²) in [6.45, 7) is 7.70. The van der Waals surface area contributed by atoms with E-state index in [0.717, 1.165) is 10.7 Å². The number of ether oxygens (including phenoxy) is 1. The lowest BCUT2D eigenvalue weighted by Gasteiger charge is -2.20. The topological polar surface area (TPSA) is 63.2 Å². The molecule has 0 atom stereocenters. The Hall–Kier alpha value is -2.15. The van der Waals surface area contributed by atoms with Crippen molar-refractivity contribution in [1.29, 1.82) is 0 Å². The van der Waals surface area contributed by atoms with E-state index < -0.39 is 17.5 Å². The van der Waals surface area contributed by atoms with Gasteiger partial charge in [0.1, 0.15) is 11.4 Å². The van der Waals surface area contributed by atoms with Crippen LogP contribution in [0.5, 0.6) is 0 Å². The minimum atomic E-state index is -0.601. The van der Waals surface area contributed by atoms with Crippen LogP contribution in [0, 0.1) is 12.7 Å². The number of benzene rings is 1. The number of anilines is 2. The molecule has 23 heavy (non-hydrogen) atoms. The molecule has 2 rings (SSSR count). The van der Waals surface area contributed by atoms with Crippen molar-refractivity contribution in [3.05, 3.63) is 40.1 Å². The summed E-state index contributed by atoms with van der Waals surface area (Å²) in [4.78, 5) is 16.2. The van der Waals surface area contributed by atoms with Gasteiger partial charge in [0.15, 0.2) is 0 Å². The van der Waals surface area contributed by atoms with E-state index in [1.165, 1.54) is 18.2 Å². The van der Waals surface area contributed by atoms with Crippen molar-refractivity contribution in [3.8, 4) is 0 Å². The van der Waals surface area contributed by atoms with Gasteiger partial charge in [-0.3, -0.25) is 5.32 Å². The maximum absolute atomic E-state index is 13.5. The molecule has 124 valence electrons. The number of carbonyl (C=O) groups excluding carboxylic acids is 1. The van der Waals surface area contributed by atoms with E-state index in [-0.39, 0.29) is 0 Å². The number of hydrogen-bond acceptors (Lipinski definition) is 5. The van der Waals surface area contributed by atoms with E-state index in [2.05, 4.69) is 15.6 Å². The Bertz CT molecular complexity index is 695. The van der Waals surface area contributed by atoms with Gasteiger partial charge in [-0.15, -0.1) is 11.3 Å². The standard InChI is InChI=1S/C16H20FN3O2S/c1-10-19-12(9-23-10)8-18-14-7-11(17)5-6-13(14)20-15(21)22-16(2,3)4/h5-7,9,18H,8H2,1-4H3,(H,20,21). The monoisotopic (exact) mass is 337 g/mol. The summed E-state index contributed by atoms with van der Waals surface area (Å²) < 4.78 is 18.7. The summed E-state index contributed by atoms with van der Waals surface area (Å²) >= 11 is 1.55. The molecule has 1 aromatic heterocycles. The molecule has 0 fully saturated rings. The Morgan fingerprint density at radius 1 is 1.35 bits per heavy atom. The van der Waals surface area contributed by atoms with Gasteiger partial charge in [0.05, 0.1) is 28.6 Å². The lowest BCUT2D eigenvalue weighted by atomic mass is 10.2. The number of nitrogens with zero attached hydrogens (tertiary/aromatic N) is 1. The number of aromatic nitrogens is 1. The van der Waals surface area contributed by atoms with Crippen LogP contribution in [-0.2, 0) is 11.3 Å². The van der Waals surface area contributed by atoms with Gasteiger partial charge < -0.3 is 10.1 Å². The number of carbonyl (C=O) groups is 1. The second-order valence-corrected chi connectivity index (χ2v) is 7.09. The third-order valence-corrected chi connectivity index (χ3v) is 3.57. The van der Waals surface area contributed by atoms with Crippen molar-refractivity contribution >= 4 is 28.8 Å². The Kier molecular flexibility index (Phi) is 5.20. The summed E-state index contributed by atoms with van der Waals surface area (Å²) in [6.07, 6.45) is -0.586. The van der Waals surface area contributed by atoms with Crippen molar-refractivity contribution < 1.29 is 13.9 Å². The summed E-state index contributed by atoms with van der Waals surface area (Å²) in [5.41, 5.74) is 1.18. The molecule has 0 aliphatic heterocycles. The van der Waals surface area contributed by atoms with Crippen LogP contribution in [0.15, 0.2) is 23.6 Å². The average Bonchev–Trinajstić information content (AvgIpc) is 2.82. The molecular weight excluding hydrogens is 317 g/mol. The number of nitrogens with one attached hydrogen (secondary N) is 2. The van der Waals surface area contributed by atoms with Crippen LogP contribution in [0.4, 0.5) is 20.6 Å². The molecule has 1 amide bonds. The van der Waals surface area contributed by atoms with Gasteiger partial charge >= 0.3 is 6.09 Å². The van der Waals surface area contributed by atoms with Crippen LogP contribution < -0.4 is 10.6 Å². The first-order valence-corrected chi connectivity index (χ1v) is 8.05. The van der Waals surface area contributed by atoms with E-state index in [4.69, 9.17) is 4.74 Å². The van der Waals surface area contributed by atoms with Gasteiger partial charge in [-0.05, 0) is 45.9 Å². The highest BCUT2D eigenvalue weighted by atomic mass is 32.1. The molecule has 1 heterocycles. The molecule has 0 bridgehead atoms. The molecule has 7 heteroatoms. The fourth-order valence-electron chi connectivity index (χ4n) is 1.86. The highest BCUT2D eigenvalue weighted by Crippen LogP contribution is 2.24. The van der Waals surface area contributed by atoms with E-state index in [1.807, 2.05) is 12.3 Å². The zero-order chi connectivity index (χ0) is 17.0. The highest BCUT2D eigenvalue weighted by molar-refractivity contribution is 7.09. The van der Waals surface area contributed by atoms with E-state index in [1.54, 1.807) is 32.1 Å². The smallest absolute Gasteiger partial charge is 0.412 e. The zero-order valence-electron chi connectivity index (χ0n) is 13.6. The Labute approximate surface area is 138 Å². The van der Waals surface area contributed by atoms with E-state index >= 15 is 0 Å². The number of halogens is 1. The normalized spacial score (nSPS) is 11.2. The summed E-state index contributed by atoms with van der Waals surface area (Å²) in [7, 11) is 0. The maximum atomic E-state index is 13.5. The first kappa shape index (κ1) is 17.2. The van der Waals surface area contributed by atoms with Gasteiger partial charge in [0.25, 0.3) is 0 Å². The minimum absolute atomic E-state index is 0.392. The molecule has 0 aliphatic rings. The number of hydrogen-bond donors (Lipinski definition) is 2.